The third kappa shape index (κ3) is 6.12. The maximum atomic E-state index is 12.8. The van der Waals surface area contributed by atoms with E-state index in [-0.39, 0.29) is 11.5 Å². The van der Waals surface area contributed by atoms with Crippen LogP contribution >= 0.6 is 0 Å². The summed E-state index contributed by atoms with van der Waals surface area (Å²) >= 11 is 0. The van der Waals surface area contributed by atoms with Crippen molar-refractivity contribution in [2.75, 3.05) is 0 Å². The molecule has 0 radical (unpaired) electrons. The molecule has 0 saturated heterocycles. The van der Waals surface area contributed by atoms with Crippen LogP contribution in [0.3, 0.4) is 0 Å². The van der Waals surface area contributed by atoms with E-state index in [9.17, 15) is 13.2 Å². The third-order valence-electron chi connectivity index (χ3n) is 5.01. The molecular weight excluding hydrogens is 385 g/mol. The second-order valence-electron chi connectivity index (χ2n) is 8.72. The van der Waals surface area contributed by atoms with Gasteiger partial charge in [-0.2, -0.15) is 13.2 Å². The molecule has 0 heterocycles. The fraction of sp³-hybridized carbons (Fsp3) is 0.308. The highest BCUT2D eigenvalue weighted by atomic mass is 19.4. The largest absolute Gasteiger partial charge is 0.486 e. The Morgan fingerprint density at radius 1 is 0.733 bits per heavy atom. The van der Waals surface area contributed by atoms with Gasteiger partial charge in [0.15, 0.2) is 0 Å². The molecular formula is C26H27F3O. The molecule has 1 nitrogen and oxygen atoms in total. The third-order valence-corrected chi connectivity index (χ3v) is 5.01. The van der Waals surface area contributed by atoms with E-state index < -0.39 is 11.7 Å². The first-order valence-electron chi connectivity index (χ1n) is 10.1. The molecule has 0 N–H and O–H groups in total. The van der Waals surface area contributed by atoms with E-state index >= 15 is 0 Å². The molecule has 3 aromatic rings. The average molecular weight is 412 g/mol. The molecule has 0 aliphatic carbocycles. The van der Waals surface area contributed by atoms with Crippen LogP contribution in [0.5, 0.6) is 5.75 Å². The van der Waals surface area contributed by atoms with Gasteiger partial charge in [0.05, 0.1) is 5.56 Å². The summed E-state index contributed by atoms with van der Waals surface area (Å²) in [5.41, 5.74) is 2.29. The van der Waals surface area contributed by atoms with Crippen LogP contribution in [-0.2, 0) is 6.18 Å². The fourth-order valence-electron chi connectivity index (χ4n) is 3.27. The van der Waals surface area contributed by atoms with Gasteiger partial charge in [0.25, 0.3) is 0 Å². The van der Waals surface area contributed by atoms with Gasteiger partial charge in [0.2, 0.25) is 0 Å². The van der Waals surface area contributed by atoms with Crippen LogP contribution in [-0.4, -0.2) is 0 Å². The standard InChI is InChI=1S/C26H27F3O/c1-25(2,3)18-17-24(21-7-5-4-6-8-21)30-23-15-11-20(12-16-23)19-9-13-22(14-10-19)26(27,28)29/h4-16,24H,17-18H2,1-3H3. The minimum Gasteiger partial charge on any atom is -0.486 e. The number of rotatable bonds is 6. The normalized spacial score (nSPS) is 13.1. The second kappa shape index (κ2) is 8.95. The molecule has 0 aliphatic heterocycles. The molecule has 0 fully saturated rings. The summed E-state index contributed by atoms with van der Waals surface area (Å²) in [6, 6.07) is 22.9. The van der Waals surface area contributed by atoms with Gasteiger partial charge in [-0.15, -0.1) is 0 Å². The highest BCUT2D eigenvalue weighted by Gasteiger charge is 2.30. The van der Waals surface area contributed by atoms with Crippen LogP contribution in [0, 0.1) is 5.41 Å². The van der Waals surface area contributed by atoms with Gasteiger partial charge in [-0.3, -0.25) is 0 Å². The first-order valence-corrected chi connectivity index (χ1v) is 10.1. The topological polar surface area (TPSA) is 9.23 Å². The van der Waals surface area contributed by atoms with Crippen LogP contribution in [0.4, 0.5) is 13.2 Å². The average Bonchev–Trinajstić information content (AvgIpc) is 2.71. The van der Waals surface area contributed by atoms with Gasteiger partial charge in [0, 0.05) is 0 Å². The van der Waals surface area contributed by atoms with Crippen LogP contribution < -0.4 is 4.74 Å². The summed E-state index contributed by atoms with van der Waals surface area (Å²) in [4.78, 5) is 0. The van der Waals surface area contributed by atoms with Crippen LogP contribution in [0.2, 0.25) is 0 Å². The lowest BCUT2D eigenvalue weighted by Crippen LogP contribution is -2.13. The van der Waals surface area contributed by atoms with Gasteiger partial charge in [-0.25, -0.2) is 0 Å². The van der Waals surface area contributed by atoms with Crippen LogP contribution in [0.1, 0.15) is 50.8 Å². The molecule has 158 valence electrons. The molecule has 0 saturated carbocycles. The minimum absolute atomic E-state index is 0.0534. The van der Waals surface area contributed by atoms with Gasteiger partial charge < -0.3 is 4.74 Å². The molecule has 0 aliphatic rings. The molecule has 4 heteroatoms. The Kier molecular flexibility index (Phi) is 6.55. The summed E-state index contributed by atoms with van der Waals surface area (Å²) in [5, 5.41) is 0. The van der Waals surface area contributed by atoms with Gasteiger partial charge in [-0.05, 0) is 59.2 Å². The predicted molar refractivity (Wildman–Crippen MR) is 115 cm³/mol. The van der Waals surface area contributed by atoms with Gasteiger partial charge in [-0.1, -0.05) is 75.4 Å². The first-order chi connectivity index (χ1) is 14.1. The number of halogens is 3. The fourth-order valence-corrected chi connectivity index (χ4v) is 3.27. The molecule has 0 spiro atoms. The van der Waals surface area contributed by atoms with E-state index in [1.165, 1.54) is 12.1 Å². The quantitative estimate of drug-likeness (QED) is 0.395. The number of hydrogen-bond acceptors (Lipinski definition) is 1. The van der Waals surface area contributed by atoms with E-state index in [0.29, 0.717) is 0 Å². The van der Waals surface area contributed by atoms with E-state index in [0.717, 1.165) is 47.4 Å². The monoisotopic (exact) mass is 412 g/mol. The van der Waals surface area contributed by atoms with Gasteiger partial charge in [0.1, 0.15) is 11.9 Å². The van der Waals surface area contributed by atoms with E-state index in [2.05, 4.69) is 32.9 Å². The maximum absolute atomic E-state index is 12.8. The van der Waals surface area contributed by atoms with E-state index in [1.807, 2.05) is 42.5 Å². The molecule has 1 atom stereocenters. The Balaban J connectivity index is 1.75. The SMILES string of the molecule is CC(C)(C)CCC(Oc1ccc(-c2ccc(C(F)(F)F)cc2)cc1)c1ccccc1. The van der Waals surface area contributed by atoms with Crippen molar-refractivity contribution in [3.05, 3.63) is 90.0 Å². The van der Waals surface area contributed by atoms with Gasteiger partial charge >= 0.3 is 6.18 Å². The smallest absolute Gasteiger partial charge is 0.416 e. The zero-order valence-electron chi connectivity index (χ0n) is 17.5. The molecule has 3 rings (SSSR count). The van der Waals surface area contributed by atoms with Crippen LogP contribution in [0.15, 0.2) is 78.9 Å². The van der Waals surface area contributed by atoms with Crippen molar-refractivity contribution in [1.82, 2.24) is 0 Å². The Morgan fingerprint density at radius 2 is 1.27 bits per heavy atom. The molecule has 30 heavy (non-hydrogen) atoms. The molecule has 0 aromatic heterocycles. The molecule has 1 unspecified atom stereocenters. The summed E-state index contributed by atoms with van der Waals surface area (Å²) in [6.07, 6.45) is -2.46. The summed E-state index contributed by atoms with van der Waals surface area (Å²) < 4.78 is 44.6. The first kappa shape index (κ1) is 21.9. The van der Waals surface area contributed by atoms with Crippen LogP contribution in [0.25, 0.3) is 11.1 Å². The number of benzene rings is 3. The maximum Gasteiger partial charge on any atom is 0.416 e. The number of alkyl halides is 3. The zero-order chi connectivity index (χ0) is 21.8. The predicted octanol–water partition coefficient (Wildman–Crippen LogP) is 8.32. The number of hydrogen-bond donors (Lipinski definition) is 0. The zero-order valence-corrected chi connectivity index (χ0v) is 17.5. The minimum atomic E-state index is -4.32. The van der Waals surface area contributed by atoms with Crippen molar-refractivity contribution in [3.8, 4) is 16.9 Å². The van der Waals surface area contributed by atoms with Crippen molar-refractivity contribution in [2.24, 2.45) is 5.41 Å². The Morgan fingerprint density at radius 3 is 1.77 bits per heavy atom. The Hall–Kier alpha value is -2.75. The molecule has 3 aromatic carbocycles. The second-order valence-corrected chi connectivity index (χ2v) is 8.72. The Bertz CT molecular complexity index is 921. The van der Waals surface area contributed by atoms with Crippen molar-refractivity contribution >= 4 is 0 Å². The van der Waals surface area contributed by atoms with Crippen molar-refractivity contribution in [2.45, 2.75) is 45.9 Å². The summed E-state index contributed by atoms with van der Waals surface area (Å²) in [5.74, 6) is 0.744. The Labute approximate surface area is 176 Å². The molecule has 0 amide bonds. The van der Waals surface area contributed by atoms with E-state index in [1.54, 1.807) is 0 Å². The lowest BCUT2D eigenvalue weighted by atomic mass is 9.88. The summed E-state index contributed by atoms with van der Waals surface area (Å²) in [6.45, 7) is 6.65. The van der Waals surface area contributed by atoms with E-state index in [4.69, 9.17) is 4.74 Å². The lowest BCUT2D eigenvalue weighted by Gasteiger charge is -2.24. The molecule has 0 bridgehead atoms. The lowest BCUT2D eigenvalue weighted by molar-refractivity contribution is -0.137. The van der Waals surface area contributed by atoms with Crippen molar-refractivity contribution < 1.29 is 17.9 Å². The highest BCUT2D eigenvalue weighted by molar-refractivity contribution is 5.64. The van der Waals surface area contributed by atoms with Crippen molar-refractivity contribution in [1.29, 1.82) is 0 Å². The summed E-state index contributed by atoms with van der Waals surface area (Å²) in [7, 11) is 0. The van der Waals surface area contributed by atoms with Crippen molar-refractivity contribution in [3.63, 3.8) is 0 Å². The highest BCUT2D eigenvalue weighted by Crippen LogP contribution is 2.33. The number of ether oxygens (including phenoxy) is 1.